The number of thioether (sulfide) groups is 1. The van der Waals surface area contributed by atoms with Gasteiger partial charge in [-0.2, -0.15) is 0 Å². The van der Waals surface area contributed by atoms with Gasteiger partial charge in [0, 0.05) is 11.6 Å². The molecule has 1 aliphatic heterocycles. The number of fused-ring (bicyclic) bond motifs is 1. The van der Waals surface area contributed by atoms with Crippen LogP contribution in [-0.2, 0) is 17.9 Å². The van der Waals surface area contributed by atoms with Gasteiger partial charge in [-0.3, -0.25) is 24.6 Å². The summed E-state index contributed by atoms with van der Waals surface area (Å²) in [4.78, 5) is 37.4. The second-order valence-corrected chi connectivity index (χ2v) is 9.14. The maximum Gasteiger partial charge on any atom is 0.293 e. The van der Waals surface area contributed by atoms with E-state index in [2.05, 4.69) is 18.2 Å². The molecule has 178 valence electrons. The van der Waals surface area contributed by atoms with E-state index in [1.807, 2.05) is 48.5 Å². The minimum Gasteiger partial charge on any atom is -0.489 e. The van der Waals surface area contributed by atoms with Gasteiger partial charge < -0.3 is 4.74 Å². The Balaban J connectivity index is 1.27. The highest BCUT2D eigenvalue weighted by atomic mass is 32.2. The smallest absolute Gasteiger partial charge is 0.293 e. The predicted molar refractivity (Wildman–Crippen MR) is 139 cm³/mol. The van der Waals surface area contributed by atoms with Crippen molar-refractivity contribution in [2.75, 3.05) is 0 Å². The Morgan fingerprint density at radius 3 is 2.36 bits per heavy atom. The van der Waals surface area contributed by atoms with Crippen LogP contribution in [-0.4, -0.2) is 21.0 Å². The summed E-state index contributed by atoms with van der Waals surface area (Å²) in [5, 5.41) is 13.1. The number of amides is 2. The molecule has 1 heterocycles. The van der Waals surface area contributed by atoms with Crippen molar-refractivity contribution in [3.05, 3.63) is 123 Å². The highest BCUT2D eigenvalue weighted by Crippen LogP contribution is 2.34. The first-order valence-corrected chi connectivity index (χ1v) is 12.0. The molecule has 0 saturated carbocycles. The normalized spacial score (nSPS) is 14.6. The van der Waals surface area contributed by atoms with Crippen molar-refractivity contribution >= 4 is 45.4 Å². The lowest BCUT2D eigenvalue weighted by molar-refractivity contribution is -0.385. The zero-order valence-electron chi connectivity index (χ0n) is 19.0. The number of carbonyl (C=O) groups excluding carboxylic acids is 2. The van der Waals surface area contributed by atoms with Crippen molar-refractivity contribution in [3.63, 3.8) is 0 Å². The third-order valence-electron chi connectivity index (χ3n) is 5.84. The molecule has 0 aromatic heterocycles. The number of ether oxygens (including phenoxy) is 1. The van der Waals surface area contributed by atoms with E-state index in [-0.39, 0.29) is 17.1 Å². The van der Waals surface area contributed by atoms with Crippen LogP contribution < -0.4 is 4.74 Å². The number of nitro benzene ring substituents is 1. The summed E-state index contributed by atoms with van der Waals surface area (Å²) in [5.74, 6) is 0.212. The van der Waals surface area contributed by atoms with Gasteiger partial charge in [0.25, 0.3) is 16.8 Å². The molecule has 4 aromatic carbocycles. The molecule has 36 heavy (non-hydrogen) atoms. The van der Waals surface area contributed by atoms with Crippen molar-refractivity contribution in [2.24, 2.45) is 0 Å². The molecular weight excluding hydrogens is 476 g/mol. The third-order valence-corrected chi connectivity index (χ3v) is 6.75. The van der Waals surface area contributed by atoms with Crippen LogP contribution in [0.3, 0.4) is 0 Å². The van der Waals surface area contributed by atoms with Gasteiger partial charge in [-0.05, 0) is 51.9 Å². The van der Waals surface area contributed by atoms with Crippen molar-refractivity contribution in [3.8, 4) is 5.75 Å². The fourth-order valence-electron chi connectivity index (χ4n) is 4.02. The van der Waals surface area contributed by atoms with E-state index in [1.165, 1.54) is 6.07 Å². The second-order valence-electron chi connectivity index (χ2n) is 8.15. The fourth-order valence-corrected chi connectivity index (χ4v) is 4.86. The summed E-state index contributed by atoms with van der Waals surface area (Å²) in [6.07, 6.45) is 1.64. The van der Waals surface area contributed by atoms with Crippen LogP contribution >= 0.6 is 11.8 Å². The molecule has 0 atom stereocenters. The summed E-state index contributed by atoms with van der Waals surface area (Å²) >= 11 is 0.820. The van der Waals surface area contributed by atoms with Gasteiger partial charge in [0.15, 0.2) is 0 Å². The molecule has 7 nitrogen and oxygen atoms in total. The number of carbonyl (C=O) groups is 2. The summed E-state index contributed by atoms with van der Waals surface area (Å²) in [6, 6.07) is 27.6. The molecule has 1 aliphatic rings. The first kappa shape index (κ1) is 23.3. The number of hydrogen-bond donors (Lipinski definition) is 0. The average molecular weight is 497 g/mol. The number of imide groups is 1. The molecule has 0 N–H and O–H groups in total. The quantitative estimate of drug-likeness (QED) is 0.163. The van der Waals surface area contributed by atoms with Crippen molar-refractivity contribution in [1.29, 1.82) is 0 Å². The third kappa shape index (κ3) is 4.85. The first-order valence-electron chi connectivity index (χ1n) is 11.2. The monoisotopic (exact) mass is 496 g/mol. The fraction of sp³-hybridized carbons (Fsp3) is 0.0714. The second kappa shape index (κ2) is 10.1. The van der Waals surface area contributed by atoms with Crippen LogP contribution in [0.15, 0.2) is 95.9 Å². The Morgan fingerprint density at radius 2 is 1.56 bits per heavy atom. The zero-order valence-corrected chi connectivity index (χ0v) is 19.8. The van der Waals surface area contributed by atoms with Crippen molar-refractivity contribution in [1.82, 2.24) is 4.90 Å². The zero-order chi connectivity index (χ0) is 25.1. The molecule has 1 fully saturated rings. The van der Waals surface area contributed by atoms with Crippen LogP contribution in [0.2, 0.25) is 0 Å². The Morgan fingerprint density at radius 1 is 0.861 bits per heavy atom. The van der Waals surface area contributed by atoms with Gasteiger partial charge in [-0.25, -0.2) is 0 Å². The van der Waals surface area contributed by atoms with Crippen molar-refractivity contribution in [2.45, 2.75) is 13.2 Å². The Bertz CT molecular complexity index is 1510. The van der Waals surface area contributed by atoms with E-state index in [4.69, 9.17) is 4.74 Å². The molecule has 0 bridgehead atoms. The Hall–Kier alpha value is -4.43. The number of hydrogen-bond acceptors (Lipinski definition) is 6. The highest BCUT2D eigenvalue weighted by Gasteiger charge is 2.36. The standard InChI is InChI=1S/C28H20N2O5S/c31-27-26(36-28(32)29(27)17-21-7-2-4-11-25(21)30(33)34)16-19-12-14-23(15-13-19)35-18-22-9-5-8-20-6-1-3-10-24(20)22/h1-16H,17-18H2/b26-16+. The predicted octanol–water partition coefficient (Wildman–Crippen LogP) is 6.56. The van der Waals surface area contributed by atoms with Crippen molar-refractivity contribution < 1.29 is 19.2 Å². The molecular formula is C28H20N2O5S. The minimum absolute atomic E-state index is 0.125. The molecule has 0 spiro atoms. The molecule has 5 rings (SSSR count). The van der Waals surface area contributed by atoms with E-state index < -0.39 is 16.1 Å². The lowest BCUT2D eigenvalue weighted by Crippen LogP contribution is -2.27. The molecule has 0 unspecified atom stereocenters. The molecule has 0 aliphatic carbocycles. The summed E-state index contributed by atoms with van der Waals surface area (Å²) in [6.45, 7) is 0.269. The molecule has 1 saturated heterocycles. The minimum atomic E-state index is -0.520. The first-order chi connectivity index (χ1) is 17.5. The van der Waals surface area contributed by atoms with Gasteiger partial charge >= 0.3 is 0 Å². The Labute approximate surface area is 211 Å². The lowest BCUT2D eigenvalue weighted by atomic mass is 10.1. The van der Waals surface area contributed by atoms with E-state index >= 15 is 0 Å². The summed E-state index contributed by atoms with van der Waals surface area (Å²) in [7, 11) is 0. The maximum atomic E-state index is 12.9. The Kier molecular flexibility index (Phi) is 6.51. The van der Waals surface area contributed by atoms with E-state index in [9.17, 15) is 19.7 Å². The summed E-state index contributed by atoms with van der Waals surface area (Å²) < 4.78 is 5.97. The summed E-state index contributed by atoms with van der Waals surface area (Å²) in [5.41, 5.74) is 2.01. The largest absolute Gasteiger partial charge is 0.489 e. The van der Waals surface area contributed by atoms with Gasteiger partial charge in [0.05, 0.1) is 16.4 Å². The van der Waals surface area contributed by atoms with E-state index in [0.29, 0.717) is 17.9 Å². The van der Waals surface area contributed by atoms with Crippen LogP contribution in [0.4, 0.5) is 10.5 Å². The highest BCUT2D eigenvalue weighted by molar-refractivity contribution is 8.18. The lowest BCUT2D eigenvalue weighted by Gasteiger charge is -2.12. The average Bonchev–Trinajstić information content (AvgIpc) is 3.15. The number of nitrogens with zero attached hydrogens (tertiary/aromatic N) is 2. The number of rotatable bonds is 7. The molecule has 4 aromatic rings. The number of benzene rings is 4. The van der Waals surface area contributed by atoms with Gasteiger partial charge in [0.2, 0.25) is 0 Å². The number of para-hydroxylation sites is 1. The van der Waals surface area contributed by atoms with Gasteiger partial charge in [0.1, 0.15) is 12.4 Å². The van der Waals surface area contributed by atoms with Gasteiger partial charge in [-0.15, -0.1) is 0 Å². The maximum absolute atomic E-state index is 12.9. The van der Waals surface area contributed by atoms with Crippen LogP contribution in [0.25, 0.3) is 16.8 Å². The van der Waals surface area contributed by atoms with E-state index in [0.717, 1.165) is 38.6 Å². The molecule has 8 heteroatoms. The van der Waals surface area contributed by atoms with E-state index in [1.54, 1.807) is 24.3 Å². The van der Waals surface area contributed by atoms with Crippen LogP contribution in [0, 0.1) is 10.1 Å². The van der Waals surface area contributed by atoms with Crippen LogP contribution in [0.5, 0.6) is 5.75 Å². The SMILES string of the molecule is O=C1S/C(=C/c2ccc(OCc3cccc4ccccc34)cc2)C(=O)N1Cc1ccccc1[N+](=O)[O-]. The molecule has 2 amide bonds. The topological polar surface area (TPSA) is 89.8 Å². The molecule has 0 radical (unpaired) electrons. The van der Waals surface area contributed by atoms with Gasteiger partial charge in [-0.1, -0.05) is 72.8 Å². The number of nitro groups is 1. The van der Waals surface area contributed by atoms with Crippen LogP contribution in [0.1, 0.15) is 16.7 Å².